The zero-order valence-electron chi connectivity index (χ0n) is 9.63. The van der Waals surface area contributed by atoms with Crippen LogP contribution in [0.5, 0.6) is 0 Å². The Hall–Kier alpha value is -1.05. The summed E-state index contributed by atoms with van der Waals surface area (Å²) in [5, 5.41) is 6.02. The summed E-state index contributed by atoms with van der Waals surface area (Å²) >= 11 is 0. The summed E-state index contributed by atoms with van der Waals surface area (Å²) in [5.41, 5.74) is 0. The van der Waals surface area contributed by atoms with Crippen LogP contribution in [-0.2, 0) is 9.53 Å². The molecule has 0 saturated carbocycles. The molecule has 0 aromatic rings. The third kappa shape index (κ3) is 5.74. The average molecular weight is 224 g/mol. The van der Waals surface area contributed by atoms with Gasteiger partial charge < -0.3 is 15.4 Å². The van der Waals surface area contributed by atoms with E-state index in [2.05, 4.69) is 16.6 Å². The number of piperidine rings is 1. The van der Waals surface area contributed by atoms with E-state index >= 15 is 0 Å². The normalized spacial score (nSPS) is 16.7. The fourth-order valence-electron chi connectivity index (χ4n) is 1.64. The molecule has 1 amide bonds. The smallest absolute Gasteiger partial charge is 0.222 e. The number of nitrogens with one attached hydrogen (secondary N) is 2. The summed E-state index contributed by atoms with van der Waals surface area (Å²) in [6.45, 7) is 3.09. The van der Waals surface area contributed by atoms with Gasteiger partial charge in [-0.25, -0.2) is 0 Å². The van der Waals surface area contributed by atoms with Gasteiger partial charge in [0, 0.05) is 19.4 Å². The number of ether oxygens (including phenoxy) is 1. The second-order valence-corrected chi connectivity index (χ2v) is 3.87. The van der Waals surface area contributed by atoms with Crippen LogP contribution in [0.3, 0.4) is 0 Å². The van der Waals surface area contributed by atoms with Gasteiger partial charge in [0.1, 0.15) is 0 Å². The molecule has 1 saturated heterocycles. The lowest BCUT2D eigenvalue weighted by atomic mass is 10.1. The lowest BCUT2D eigenvalue weighted by molar-refractivity contribution is -0.122. The molecule has 1 fully saturated rings. The minimum absolute atomic E-state index is 0.0178. The number of terminal acetylenes is 1. The summed E-state index contributed by atoms with van der Waals surface area (Å²) in [7, 11) is 0. The van der Waals surface area contributed by atoms with Crippen molar-refractivity contribution in [3.8, 4) is 12.3 Å². The van der Waals surface area contributed by atoms with Gasteiger partial charge in [0.15, 0.2) is 0 Å². The largest absolute Gasteiger partial charge is 0.378 e. The Labute approximate surface area is 97.1 Å². The number of carbonyl (C=O) groups excluding carboxylic acids is 1. The summed E-state index contributed by atoms with van der Waals surface area (Å²) in [6.07, 6.45) is 8.49. The Kier molecular flexibility index (Phi) is 6.62. The number of rotatable bonds is 6. The first-order valence-corrected chi connectivity index (χ1v) is 5.85. The summed E-state index contributed by atoms with van der Waals surface area (Å²) < 4.78 is 5.62. The molecule has 90 valence electrons. The van der Waals surface area contributed by atoms with E-state index in [-0.39, 0.29) is 5.91 Å². The highest BCUT2D eigenvalue weighted by Gasteiger charge is 2.13. The van der Waals surface area contributed by atoms with Crippen LogP contribution < -0.4 is 10.6 Å². The van der Waals surface area contributed by atoms with Crippen molar-refractivity contribution < 1.29 is 9.53 Å². The average Bonchev–Trinajstić information content (AvgIpc) is 2.31. The molecule has 1 heterocycles. The van der Waals surface area contributed by atoms with Crippen LogP contribution >= 0.6 is 0 Å². The lowest BCUT2D eigenvalue weighted by Gasteiger charge is -2.22. The quantitative estimate of drug-likeness (QED) is 0.503. The van der Waals surface area contributed by atoms with Crippen molar-refractivity contribution in [1.29, 1.82) is 0 Å². The SMILES string of the molecule is C#CCCNC(=O)CCOC1CCNCC1. The van der Waals surface area contributed by atoms with Crippen molar-refractivity contribution in [1.82, 2.24) is 10.6 Å². The Bertz CT molecular complexity index is 242. The summed E-state index contributed by atoms with van der Waals surface area (Å²) in [6, 6.07) is 0. The Morgan fingerprint density at radius 2 is 2.25 bits per heavy atom. The molecule has 0 bridgehead atoms. The lowest BCUT2D eigenvalue weighted by Crippen LogP contribution is -2.33. The van der Waals surface area contributed by atoms with Gasteiger partial charge >= 0.3 is 0 Å². The van der Waals surface area contributed by atoms with Crippen LogP contribution in [0.25, 0.3) is 0 Å². The number of carbonyl (C=O) groups is 1. The molecule has 0 spiro atoms. The molecule has 1 aliphatic heterocycles. The third-order valence-corrected chi connectivity index (χ3v) is 2.56. The van der Waals surface area contributed by atoms with Crippen LogP contribution in [-0.4, -0.2) is 38.3 Å². The van der Waals surface area contributed by atoms with E-state index in [9.17, 15) is 4.79 Å². The van der Waals surface area contributed by atoms with Gasteiger partial charge in [-0.15, -0.1) is 12.3 Å². The van der Waals surface area contributed by atoms with Gasteiger partial charge in [-0.1, -0.05) is 0 Å². The minimum atomic E-state index is 0.0178. The zero-order chi connectivity index (χ0) is 11.6. The van der Waals surface area contributed by atoms with Gasteiger partial charge in [0.2, 0.25) is 5.91 Å². The highest BCUT2D eigenvalue weighted by Crippen LogP contribution is 2.07. The van der Waals surface area contributed by atoms with E-state index in [1.807, 2.05) is 0 Å². The van der Waals surface area contributed by atoms with E-state index in [0.29, 0.717) is 32.1 Å². The monoisotopic (exact) mass is 224 g/mol. The van der Waals surface area contributed by atoms with E-state index in [1.165, 1.54) is 0 Å². The van der Waals surface area contributed by atoms with Gasteiger partial charge in [-0.3, -0.25) is 4.79 Å². The second kappa shape index (κ2) is 8.14. The van der Waals surface area contributed by atoms with E-state index in [1.54, 1.807) is 0 Å². The molecule has 4 nitrogen and oxygen atoms in total. The van der Waals surface area contributed by atoms with Crippen LogP contribution in [0, 0.1) is 12.3 Å². The second-order valence-electron chi connectivity index (χ2n) is 3.87. The van der Waals surface area contributed by atoms with Crippen LogP contribution in [0.15, 0.2) is 0 Å². The Balaban J connectivity index is 1.97. The predicted octanol–water partition coefficient (Wildman–Crippen LogP) is 0.285. The molecule has 1 rings (SSSR count). The van der Waals surface area contributed by atoms with Gasteiger partial charge in [0.25, 0.3) is 0 Å². The molecule has 4 heteroatoms. The van der Waals surface area contributed by atoms with Crippen molar-refractivity contribution in [3.63, 3.8) is 0 Å². The van der Waals surface area contributed by atoms with Crippen LogP contribution in [0.4, 0.5) is 0 Å². The first kappa shape index (κ1) is 13.0. The molecular formula is C12H20N2O2. The van der Waals surface area contributed by atoms with Crippen LogP contribution in [0.2, 0.25) is 0 Å². The predicted molar refractivity (Wildman–Crippen MR) is 62.9 cm³/mol. The van der Waals surface area contributed by atoms with Crippen molar-refractivity contribution in [2.75, 3.05) is 26.2 Å². The van der Waals surface area contributed by atoms with Crippen LogP contribution in [0.1, 0.15) is 25.7 Å². The molecule has 2 N–H and O–H groups in total. The molecule has 1 aliphatic rings. The van der Waals surface area contributed by atoms with Gasteiger partial charge in [-0.2, -0.15) is 0 Å². The summed E-state index contributed by atoms with van der Waals surface area (Å²) in [4.78, 5) is 11.3. The first-order valence-electron chi connectivity index (χ1n) is 5.85. The maximum absolute atomic E-state index is 11.3. The number of amides is 1. The topological polar surface area (TPSA) is 50.4 Å². The molecule has 16 heavy (non-hydrogen) atoms. The highest BCUT2D eigenvalue weighted by atomic mass is 16.5. The number of hydrogen-bond acceptors (Lipinski definition) is 3. The molecule has 0 atom stereocenters. The first-order chi connectivity index (χ1) is 7.83. The molecule has 0 aromatic heterocycles. The van der Waals surface area contributed by atoms with E-state index < -0.39 is 0 Å². The molecular weight excluding hydrogens is 204 g/mol. The Morgan fingerprint density at radius 1 is 1.50 bits per heavy atom. The third-order valence-electron chi connectivity index (χ3n) is 2.56. The maximum atomic E-state index is 11.3. The van der Waals surface area contributed by atoms with Crippen molar-refractivity contribution >= 4 is 5.91 Å². The van der Waals surface area contributed by atoms with Gasteiger partial charge in [0.05, 0.1) is 12.7 Å². The molecule has 0 aliphatic carbocycles. The maximum Gasteiger partial charge on any atom is 0.222 e. The highest BCUT2D eigenvalue weighted by molar-refractivity contribution is 5.75. The minimum Gasteiger partial charge on any atom is -0.378 e. The fourth-order valence-corrected chi connectivity index (χ4v) is 1.64. The van der Waals surface area contributed by atoms with Crippen molar-refractivity contribution in [2.24, 2.45) is 0 Å². The molecule has 0 unspecified atom stereocenters. The zero-order valence-corrected chi connectivity index (χ0v) is 9.63. The van der Waals surface area contributed by atoms with Crippen molar-refractivity contribution in [2.45, 2.75) is 31.8 Å². The summed E-state index contributed by atoms with van der Waals surface area (Å²) in [5.74, 6) is 2.50. The number of hydrogen-bond donors (Lipinski definition) is 2. The van der Waals surface area contributed by atoms with E-state index in [4.69, 9.17) is 11.2 Å². The molecule has 0 aromatic carbocycles. The van der Waals surface area contributed by atoms with Gasteiger partial charge in [-0.05, 0) is 25.9 Å². The standard InChI is InChI=1S/C12H20N2O2/c1-2-3-7-14-12(15)6-10-16-11-4-8-13-9-5-11/h1,11,13H,3-10H2,(H,14,15). The molecule has 0 radical (unpaired) electrons. The van der Waals surface area contributed by atoms with E-state index in [0.717, 1.165) is 25.9 Å². The Morgan fingerprint density at radius 3 is 2.94 bits per heavy atom. The fraction of sp³-hybridized carbons (Fsp3) is 0.750. The van der Waals surface area contributed by atoms with Crippen molar-refractivity contribution in [3.05, 3.63) is 0 Å².